The molecule has 0 bridgehead atoms. The second-order valence-electron chi connectivity index (χ2n) is 5.23. The Morgan fingerprint density at radius 3 is 2.64 bits per heavy atom. The number of fused-ring (bicyclic) bond motifs is 1. The number of amides is 1. The SMILES string of the molecule is CCCn1c(=NC(=O)c2ccc(Cl)s2)sc2cc(S(N)(=O)=O)ccc21. The van der Waals surface area contributed by atoms with E-state index in [1.165, 1.54) is 34.8 Å². The number of nitrogens with zero attached hydrogens (tertiary/aromatic N) is 2. The van der Waals surface area contributed by atoms with E-state index in [2.05, 4.69) is 4.99 Å². The Kier molecular flexibility index (Phi) is 5.12. The Labute approximate surface area is 157 Å². The van der Waals surface area contributed by atoms with Crippen LogP contribution in [0.3, 0.4) is 0 Å². The fourth-order valence-corrected chi connectivity index (χ4v) is 4.96. The molecule has 0 aliphatic carbocycles. The van der Waals surface area contributed by atoms with Crippen LogP contribution in [0.1, 0.15) is 23.0 Å². The van der Waals surface area contributed by atoms with Crippen LogP contribution in [-0.2, 0) is 16.6 Å². The fourth-order valence-electron chi connectivity index (χ4n) is 2.33. The largest absolute Gasteiger partial charge is 0.316 e. The van der Waals surface area contributed by atoms with Gasteiger partial charge in [-0.3, -0.25) is 4.79 Å². The number of aromatic nitrogens is 1. The minimum Gasteiger partial charge on any atom is -0.316 e. The van der Waals surface area contributed by atoms with Gasteiger partial charge < -0.3 is 4.57 Å². The van der Waals surface area contributed by atoms with Gasteiger partial charge >= 0.3 is 0 Å². The summed E-state index contributed by atoms with van der Waals surface area (Å²) in [5.74, 6) is -0.375. The molecule has 6 nitrogen and oxygen atoms in total. The van der Waals surface area contributed by atoms with Gasteiger partial charge in [0.15, 0.2) is 4.80 Å². The van der Waals surface area contributed by atoms with Crippen LogP contribution in [0.5, 0.6) is 0 Å². The summed E-state index contributed by atoms with van der Waals surface area (Å²) in [7, 11) is -3.79. The lowest BCUT2D eigenvalue weighted by molar-refractivity contribution is 0.100. The number of primary sulfonamides is 1. The first kappa shape index (κ1) is 18.3. The maximum absolute atomic E-state index is 12.3. The van der Waals surface area contributed by atoms with Gasteiger partial charge in [-0.15, -0.1) is 11.3 Å². The topological polar surface area (TPSA) is 94.5 Å². The van der Waals surface area contributed by atoms with E-state index in [4.69, 9.17) is 16.7 Å². The number of carbonyl (C=O) groups excluding carboxylic acids is 1. The van der Waals surface area contributed by atoms with E-state index < -0.39 is 10.0 Å². The first-order chi connectivity index (χ1) is 11.8. The van der Waals surface area contributed by atoms with Crippen LogP contribution in [0.15, 0.2) is 40.2 Å². The number of hydrogen-bond donors (Lipinski definition) is 1. The number of hydrogen-bond acceptors (Lipinski definition) is 5. The molecule has 132 valence electrons. The first-order valence-corrected chi connectivity index (χ1v) is 10.9. The molecule has 10 heteroatoms. The normalized spacial score (nSPS) is 12.8. The van der Waals surface area contributed by atoms with Crippen molar-refractivity contribution >= 4 is 60.4 Å². The quantitative estimate of drug-likeness (QED) is 0.708. The minimum absolute atomic E-state index is 0.0350. The first-order valence-electron chi connectivity index (χ1n) is 7.30. The highest BCUT2D eigenvalue weighted by atomic mass is 35.5. The standard InChI is InChI=1S/C15H14ClN3O3S3/c1-2-7-19-10-4-3-9(25(17,21)22)8-12(10)24-15(19)18-14(20)11-5-6-13(16)23-11/h3-6,8H,2,7H2,1H3,(H2,17,21,22). The Bertz CT molecular complexity index is 1130. The smallest absolute Gasteiger partial charge is 0.289 e. The zero-order valence-corrected chi connectivity index (χ0v) is 16.3. The van der Waals surface area contributed by atoms with Crippen LogP contribution in [0.25, 0.3) is 10.2 Å². The number of carbonyl (C=O) groups is 1. The van der Waals surface area contributed by atoms with Gasteiger partial charge in [0.1, 0.15) is 0 Å². The van der Waals surface area contributed by atoms with Crippen molar-refractivity contribution in [2.75, 3.05) is 0 Å². The van der Waals surface area contributed by atoms with Crippen LogP contribution in [-0.4, -0.2) is 18.9 Å². The maximum Gasteiger partial charge on any atom is 0.289 e. The van der Waals surface area contributed by atoms with E-state index in [1.54, 1.807) is 18.2 Å². The number of thiophene rings is 1. The molecule has 0 radical (unpaired) electrons. The molecule has 0 fully saturated rings. The van der Waals surface area contributed by atoms with Gasteiger partial charge in [-0.25, -0.2) is 13.6 Å². The third-order valence-corrected chi connectivity index (χ3v) is 6.58. The number of benzene rings is 1. The lowest BCUT2D eigenvalue weighted by Gasteiger charge is -2.03. The third kappa shape index (κ3) is 3.85. The van der Waals surface area contributed by atoms with Crippen molar-refractivity contribution < 1.29 is 13.2 Å². The molecule has 25 heavy (non-hydrogen) atoms. The molecule has 2 N–H and O–H groups in total. The molecule has 1 amide bonds. The number of nitrogens with two attached hydrogens (primary N) is 1. The Balaban J connectivity index is 2.18. The molecule has 0 aliphatic rings. The van der Waals surface area contributed by atoms with Gasteiger partial charge in [0.25, 0.3) is 5.91 Å². The van der Waals surface area contributed by atoms with E-state index in [9.17, 15) is 13.2 Å². The van der Waals surface area contributed by atoms with Crippen molar-refractivity contribution in [1.82, 2.24) is 4.57 Å². The monoisotopic (exact) mass is 415 g/mol. The van der Waals surface area contributed by atoms with E-state index in [-0.39, 0.29) is 10.8 Å². The van der Waals surface area contributed by atoms with E-state index >= 15 is 0 Å². The van der Waals surface area contributed by atoms with Gasteiger partial charge in [-0.05, 0) is 36.8 Å². The van der Waals surface area contributed by atoms with Crippen molar-refractivity contribution in [2.24, 2.45) is 10.1 Å². The molecule has 2 aromatic heterocycles. The highest BCUT2D eigenvalue weighted by molar-refractivity contribution is 7.89. The molecule has 0 aliphatic heterocycles. The van der Waals surface area contributed by atoms with Gasteiger partial charge in [-0.1, -0.05) is 29.9 Å². The van der Waals surface area contributed by atoms with Crippen molar-refractivity contribution in [3.63, 3.8) is 0 Å². The van der Waals surface area contributed by atoms with Crippen molar-refractivity contribution in [2.45, 2.75) is 24.8 Å². The predicted molar refractivity (Wildman–Crippen MR) is 101 cm³/mol. The van der Waals surface area contributed by atoms with Gasteiger partial charge in [0.05, 0.1) is 24.3 Å². The average Bonchev–Trinajstić information content (AvgIpc) is 3.11. The lowest BCUT2D eigenvalue weighted by Crippen LogP contribution is -2.16. The summed E-state index contributed by atoms with van der Waals surface area (Å²) < 4.78 is 26.2. The molecular weight excluding hydrogens is 402 g/mol. The zero-order chi connectivity index (χ0) is 18.2. The van der Waals surface area contributed by atoms with E-state index in [1.807, 2.05) is 11.5 Å². The predicted octanol–water partition coefficient (Wildman–Crippen LogP) is 3.22. The Morgan fingerprint density at radius 2 is 2.04 bits per heavy atom. The second kappa shape index (κ2) is 7.00. The number of halogens is 1. The summed E-state index contributed by atoms with van der Waals surface area (Å²) >= 11 is 8.29. The summed E-state index contributed by atoms with van der Waals surface area (Å²) in [6.07, 6.45) is 0.842. The van der Waals surface area contributed by atoms with Crippen molar-refractivity contribution in [3.8, 4) is 0 Å². The minimum atomic E-state index is -3.79. The van der Waals surface area contributed by atoms with Crippen LogP contribution in [0, 0.1) is 0 Å². The number of thiazole rings is 1. The molecule has 0 saturated heterocycles. The summed E-state index contributed by atoms with van der Waals surface area (Å²) in [5.41, 5.74) is 0.815. The summed E-state index contributed by atoms with van der Waals surface area (Å²) in [6.45, 7) is 2.67. The number of aryl methyl sites for hydroxylation is 1. The van der Waals surface area contributed by atoms with Crippen LogP contribution in [0.4, 0.5) is 0 Å². The van der Waals surface area contributed by atoms with Crippen LogP contribution >= 0.6 is 34.3 Å². The van der Waals surface area contributed by atoms with Crippen molar-refractivity contribution in [1.29, 1.82) is 0 Å². The molecule has 2 heterocycles. The van der Waals surface area contributed by atoms with Crippen molar-refractivity contribution in [3.05, 3.63) is 44.3 Å². The van der Waals surface area contributed by atoms with Gasteiger partial charge in [0, 0.05) is 6.54 Å². The molecule has 0 spiro atoms. The lowest BCUT2D eigenvalue weighted by atomic mass is 10.3. The molecule has 0 unspecified atom stereocenters. The summed E-state index contributed by atoms with van der Waals surface area (Å²) in [6, 6.07) is 7.94. The zero-order valence-electron chi connectivity index (χ0n) is 13.1. The highest BCUT2D eigenvalue weighted by Crippen LogP contribution is 2.23. The molecule has 0 atom stereocenters. The van der Waals surface area contributed by atoms with Gasteiger partial charge in [-0.2, -0.15) is 4.99 Å². The molecular formula is C15H14ClN3O3S3. The van der Waals surface area contributed by atoms with Crippen LogP contribution in [0.2, 0.25) is 4.34 Å². The Hall–Kier alpha value is -1.52. The summed E-state index contributed by atoms with van der Waals surface area (Å²) in [5, 5.41) is 5.19. The second-order valence-corrected chi connectivity index (χ2v) is 9.52. The molecule has 3 aromatic rings. The Morgan fingerprint density at radius 1 is 1.28 bits per heavy atom. The number of sulfonamides is 1. The fraction of sp³-hybridized carbons (Fsp3) is 0.200. The highest BCUT2D eigenvalue weighted by Gasteiger charge is 2.14. The molecule has 3 rings (SSSR count). The van der Waals surface area contributed by atoms with Gasteiger partial charge in [0.2, 0.25) is 10.0 Å². The number of rotatable bonds is 4. The summed E-state index contributed by atoms with van der Waals surface area (Å²) in [4.78, 5) is 17.6. The van der Waals surface area contributed by atoms with Crippen LogP contribution < -0.4 is 9.94 Å². The third-order valence-electron chi connectivity index (χ3n) is 3.41. The molecule has 0 saturated carbocycles. The average molecular weight is 416 g/mol. The van der Waals surface area contributed by atoms with E-state index in [0.29, 0.717) is 25.3 Å². The maximum atomic E-state index is 12.3. The molecule has 1 aromatic carbocycles. The van der Waals surface area contributed by atoms with E-state index in [0.717, 1.165) is 11.9 Å².